The second-order valence-corrected chi connectivity index (χ2v) is 6.36. The molecule has 0 saturated carbocycles. The number of carboxylic acids is 1. The molecule has 0 rings (SSSR count). The van der Waals surface area contributed by atoms with Gasteiger partial charge in [-0.3, -0.25) is 0 Å². The third-order valence-corrected chi connectivity index (χ3v) is 3.70. The van der Waals surface area contributed by atoms with Crippen LogP contribution in [0.25, 0.3) is 0 Å². The monoisotopic (exact) mass is 262 g/mol. The summed E-state index contributed by atoms with van der Waals surface area (Å²) in [7, 11) is 0. The highest BCUT2D eigenvalue weighted by Crippen LogP contribution is 2.19. The average molecular weight is 262 g/mol. The Bertz CT molecular complexity index is 280. The van der Waals surface area contributed by atoms with Crippen LogP contribution in [0.2, 0.25) is 0 Å². The molecule has 5 nitrogen and oxygen atoms in total. The number of amides is 2. The van der Waals surface area contributed by atoms with Gasteiger partial charge in [0.1, 0.15) is 6.04 Å². The maximum Gasteiger partial charge on any atom is 0.326 e. The van der Waals surface area contributed by atoms with E-state index in [4.69, 9.17) is 5.11 Å². The first-order valence-electron chi connectivity index (χ1n) is 5.52. The van der Waals surface area contributed by atoms with E-state index in [0.717, 1.165) is 0 Å². The zero-order valence-corrected chi connectivity index (χ0v) is 11.9. The zero-order chi connectivity index (χ0) is 13.6. The maximum atomic E-state index is 11.5. The van der Waals surface area contributed by atoms with Crippen LogP contribution in [-0.4, -0.2) is 40.7 Å². The SMILES string of the molecule is CSC(C)(C)CNC(=O)N[C@H](C(=O)O)C(C)C. The van der Waals surface area contributed by atoms with Gasteiger partial charge in [0, 0.05) is 11.3 Å². The fourth-order valence-electron chi connectivity index (χ4n) is 1.07. The molecule has 0 aromatic rings. The Labute approximate surface area is 107 Å². The smallest absolute Gasteiger partial charge is 0.326 e. The summed E-state index contributed by atoms with van der Waals surface area (Å²) in [5.74, 6) is -1.16. The van der Waals surface area contributed by atoms with Gasteiger partial charge in [0.05, 0.1) is 0 Å². The molecule has 100 valence electrons. The van der Waals surface area contributed by atoms with Crippen molar-refractivity contribution in [3.05, 3.63) is 0 Å². The molecule has 0 heterocycles. The molecule has 17 heavy (non-hydrogen) atoms. The van der Waals surface area contributed by atoms with Crippen LogP contribution in [0.3, 0.4) is 0 Å². The Kier molecular flexibility index (Phi) is 6.37. The van der Waals surface area contributed by atoms with Gasteiger partial charge >= 0.3 is 12.0 Å². The van der Waals surface area contributed by atoms with Crippen molar-refractivity contribution in [2.45, 2.75) is 38.5 Å². The van der Waals surface area contributed by atoms with Gasteiger partial charge in [0.15, 0.2) is 0 Å². The van der Waals surface area contributed by atoms with Crippen LogP contribution in [0, 0.1) is 5.92 Å². The summed E-state index contributed by atoms with van der Waals surface area (Å²) >= 11 is 1.64. The van der Waals surface area contributed by atoms with Crippen LogP contribution >= 0.6 is 11.8 Å². The van der Waals surface area contributed by atoms with Crippen molar-refractivity contribution in [3.8, 4) is 0 Å². The molecule has 6 heteroatoms. The van der Waals surface area contributed by atoms with Crippen LogP contribution in [0.15, 0.2) is 0 Å². The summed E-state index contributed by atoms with van der Waals surface area (Å²) in [6.07, 6.45) is 1.97. The van der Waals surface area contributed by atoms with Crippen molar-refractivity contribution in [3.63, 3.8) is 0 Å². The molecule has 0 unspecified atom stereocenters. The molecule has 0 aliphatic heterocycles. The Morgan fingerprint density at radius 1 is 1.35 bits per heavy atom. The lowest BCUT2D eigenvalue weighted by Gasteiger charge is -2.24. The van der Waals surface area contributed by atoms with Gasteiger partial charge < -0.3 is 15.7 Å². The van der Waals surface area contributed by atoms with E-state index in [2.05, 4.69) is 10.6 Å². The number of carbonyl (C=O) groups excluding carboxylic acids is 1. The minimum absolute atomic E-state index is 0.0616. The molecular weight excluding hydrogens is 240 g/mol. The Morgan fingerprint density at radius 3 is 2.24 bits per heavy atom. The average Bonchev–Trinajstić information content (AvgIpc) is 2.22. The number of nitrogens with one attached hydrogen (secondary N) is 2. The number of aliphatic carboxylic acids is 1. The molecule has 0 fully saturated rings. The molecule has 2 amide bonds. The van der Waals surface area contributed by atoms with Crippen molar-refractivity contribution < 1.29 is 14.7 Å². The molecule has 0 aliphatic rings. The van der Waals surface area contributed by atoms with Gasteiger partial charge in [0.25, 0.3) is 0 Å². The lowest BCUT2D eigenvalue weighted by Crippen LogP contribution is -2.50. The topological polar surface area (TPSA) is 78.4 Å². The third kappa shape index (κ3) is 6.41. The fourth-order valence-corrected chi connectivity index (χ4v) is 1.29. The largest absolute Gasteiger partial charge is 0.480 e. The second kappa shape index (κ2) is 6.74. The standard InChI is InChI=1S/C11H22N2O3S/c1-7(2)8(9(14)15)13-10(16)12-6-11(3,4)17-5/h7-8H,6H2,1-5H3,(H,14,15)(H2,12,13,16)/t8-/m0/s1. The summed E-state index contributed by atoms with van der Waals surface area (Å²) in [5.41, 5.74) is 0. The van der Waals surface area contributed by atoms with Gasteiger partial charge in [-0.05, 0) is 26.0 Å². The Morgan fingerprint density at radius 2 is 1.88 bits per heavy atom. The second-order valence-electron chi connectivity index (χ2n) is 4.85. The van der Waals surface area contributed by atoms with E-state index in [1.165, 1.54) is 0 Å². The van der Waals surface area contributed by atoms with Crippen LogP contribution in [0.1, 0.15) is 27.7 Å². The van der Waals surface area contributed by atoms with E-state index in [9.17, 15) is 9.59 Å². The lowest BCUT2D eigenvalue weighted by atomic mass is 10.1. The summed E-state index contributed by atoms with van der Waals surface area (Å²) in [5, 5.41) is 14.1. The first-order chi connectivity index (χ1) is 7.69. The minimum Gasteiger partial charge on any atom is -0.480 e. The number of rotatable bonds is 6. The number of hydrogen-bond acceptors (Lipinski definition) is 3. The van der Waals surface area contributed by atoms with Crippen molar-refractivity contribution >= 4 is 23.8 Å². The van der Waals surface area contributed by atoms with Crippen LogP contribution in [-0.2, 0) is 4.79 Å². The predicted molar refractivity (Wildman–Crippen MR) is 70.4 cm³/mol. The van der Waals surface area contributed by atoms with Crippen LogP contribution < -0.4 is 10.6 Å². The van der Waals surface area contributed by atoms with Gasteiger partial charge in [-0.15, -0.1) is 0 Å². The molecule has 3 N–H and O–H groups in total. The summed E-state index contributed by atoms with van der Waals surface area (Å²) in [6.45, 7) is 8.02. The molecular formula is C11H22N2O3S. The molecule has 0 bridgehead atoms. The van der Waals surface area contributed by atoms with Crippen molar-refractivity contribution in [2.75, 3.05) is 12.8 Å². The van der Waals surface area contributed by atoms with E-state index >= 15 is 0 Å². The van der Waals surface area contributed by atoms with Gasteiger partial charge in [-0.25, -0.2) is 9.59 Å². The van der Waals surface area contributed by atoms with E-state index in [-0.39, 0.29) is 10.7 Å². The van der Waals surface area contributed by atoms with E-state index in [0.29, 0.717) is 6.54 Å². The third-order valence-electron chi connectivity index (χ3n) is 2.45. The molecule has 0 radical (unpaired) electrons. The van der Waals surface area contributed by atoms with Crippen molar-refractivity contribution in [1.29, 1.82) is 0 Å². The zero-order valence-electron chi connectivity index (χ0n) is 11.0. The van der Waals surface area contributed by atoms with Gasteiger partial charge in [0.2, 0.25) is 0 Å². The normalized spacial score (nSPS) is 13.3. The highest BCUT2D eigenvalue weighted by atomic mass is 32.2. The summed E-state index contributed by atoms with van der Waals surface area (Å²) in [6, 6.07) is -1.29. The molecule has 0 saturated heterocycles. The molecule has 0 spiro atoms. The van der Waals surface area contributed by atoms with Crippen molar-refractivity contribution in [2.24, 2.45) is 5.92 Å². The number of hydrogen-bond donors (Lipinski definition) is 3. The minimum atomic E-state index is -1.01. The van der Waals surface area contributed by atoms with Crippen LogP contribution in [0.4, 0.5) is 4.79 Å². The number of thioether (sulfide) groups is 1. The highest BCUT2D eigenvalue weighted by Gasteiger charge is 2.24. The number of carboxylic acid groups (broad SMARTS) is 1. The Hall–Kier alpha value is -0.910. The first-order valence-corrected chi connectivity index (χ1v) is 6.74. The first kappa shape index (κ1) is 16.1. The van der Waals surface area contributed by atoms with Gasteiger partial charge in [-0.1, -0.05) is 13.8 Å². The van der Waals surface area contributed by atoms with E-state index < -0.39 is 18.0 Å². The molecule has 0 aliphatic carbocycles. The van der Waals surface area contributed by atoms with E-state index in [1.807, 2.05) is 20.1 Å². The molecule has 0 aromatic heterocycles. The lowest BCUT2D eigenvalue weighted by molar-refractivity contribution is -0.140. The van der Waals surface area contributed by atoms with Crippen LogP contribution in [0.5, 0.6) is 0 Å². The Balaban J connectivity index is 4.21. The maximum absolute atomic E-state index is 11.5. The van der Waals surface area contributed by atoms with Gasteiger partial charge in [-0.2, -0.15) is 11.8 Å². The fraction of sp³-hybridized carbons (Fsp3) is 0.818. The highest BCUT2D eigenvalue weighted by molar-refractivity contribution is 7.99. The quantitative estimate of drug-likeness (QED) is 0.678. The van der Waals surface area contributed by atoms with E-state index in [1.54, 1.807) is 25.6 Å². The molecule has 1 atom stereocenters. The molecule has 0 aromatic carbocycles. The number of carbonyl (C=O) groups is 2. The number of urea groups is 1. The summed E-state index contributed by atoms with van der Waals surface area (Å²) < 4.78 is -0.0616. The summed E-state index contributed by atoms with van der Waals surface area (Å²) in [4.78, 5) is 22.4. The van der Waals surface area contributed by atoms with Crippen molar-refractivity contribution in [1.82, 2.24) is 10.6 Å². The predicted octanol–water partition coefficient (Wildman–Crippen LogP) is 1.54.